The fourth-order valence-electron chi connectivity index (χ4n) is 4.13. The van der Waals surface area contributed by atoms with E-state index in [1.807, 2.05) is 41.7 Å². The van der Waals surface area contributed by atoms with E-state index in [9.17, 15) is 4.79 Å². The van der Waals surface area contributed by atoms with E-state index in [4.69, 9.17) is 0 Å². The first-order valence-electron chi connectivity index (χ1n) is 10.6. The lowest BCUT2D eigenvalue weighted by molar-refractivity contribution is -0.134. The van der Waals surface area contributed by atoms with Crippen molar-refractivity contribution in [2.75, 3.05) is 26.2 Å². The van der Waals surface area contributed by atoms with Crippen molar-refractivity contribution in [1.82, 2.24) is 19.8 Å². The fourth-order valence-corrected chi connectivity index (χ4v) is 4.13. The number of nitrogens with zero attached hydrogens (tertiary/aromatic N) is 4. The van der Waals surface area contributed by atoms with Gasteiger partial charge in [0.15, 0.2) is 0 Å². The topological polar surface area (TPSA) is 49.3 Å². The van der Waals surface area contributed by atoms with Crippen molar-refractivity contribution in [2.24, 2.45) is 5.92 Å². The predicted octanol–water partition coefficient (Wildman–Crippen LogP) is 3.67. The summed E-state index contributed by atoms with van der Waals surface area (Å²) in [7, 11) is 0. The van der Waals surface area contributed by atoms with Crippen LogP contribution in [0.5, 0.6) is 0 Å². The van der Waals surface area contributed by atoms with Crippen LogP contribution in [0.4, 0.5) is 0 Å². The minimum Gasteiger partial charge on any atom is -0.341 e. The number of aromatic nitrogens is 2. The molecular weight excluding hydrogens is 372 g/mol. The van der Waals surface area contributed by atoms with Crippen LogP contribution in [0.1, 0.15) is 18.1 Å². The van der Waals surface area contributed by atoms with E-state index in [1.165, 1.54) is 16.7 Å². The summed E-state index contributed by atoms with van der Waals surface area (Å²) in [5, 5.41) is 0. The summed E-state index contributed by atoms with van der Waals surface area (Å²) in [6, 6.07) is 16.7. The molecule has 1 aromatic carbocycles. The zero-order valence-electron chi connectivity index (χ0n) is 17.4. The molecule has 30 heavy (non-hydrogen) atoms. The van der Waals surface area contributed by atoms with Crippen molar-refractivity contribution in [3.63, 3.8) is 0 Å². The van der Waals surface area contributed by atoms with Gasteiger partial charge in [-0.25, -0.2) is 0 Å². The minimum atomic E-state index is -0.0316. The molecule has 0 N–H and O–H groups in total. The first-order valence-corrected chi connectivity index (χ1v) is 10.6. The molecule has 5 nitrogen and oxygen atoms in total. The molecule has 1 fully saturated rings. The molecule has 2 aromatic heterocycles. The normalized spacial score (nSPS) is 17.7. The molecule has 154 valence electrons. The lowest BCUT2D eigenvalue weighted by atomic mass is 9.95. The molecule has 1 aliphatic heterocycles. The summed E-state index contributed by atoms with van der Waals surface area (Å²) in [5.74, 6) is 0.236. The van der Waals surface area contributed by atoms with Crippen LogP contribution in [0.2, 0.25) is 0 Å². The maximum absolute atomic E-state index is 13.1. The second-order valence-electron chi connectivity index (χ2n) is 7.85. The molecule has 5 heteroatoms. The lowest BCUT2D eigenvalue weighted by Gasteiger charge is -2.23. The Hall–Kier alpha value is -3.05. The van der Waals surface area contributed by atoms with Crippen LogP contribution >= 0.6 is 0 Å². The number of amides is 1. The van der Waals surface area contributed by atoms with Gasteiger partial charge in [-0.1, -0.05) is 30.3 Å². The van der Waals surface area contributed by atoms with Crippen molar-refractivity contribution in [3.05, 3.63) is 84.4 Å². The molecular formula is C25H28N4O. The third-order valence-electron chi connectivity index (χ3n) is 5.79. The van der Waals surface area contributed by atoms with E-state index in [1.54, 1.807) is 6.20 Å². The Balaban J connectivity index is 1.49. The fraction of sp³-hybridized carbons (Fsp3) is 0.320. The SMILES string of the molecule is CCN1CCN(Cc2cccnc2)CC(Cc2ccc(-c3ccncc3)cc2)C1=O. The molecule has 1 atom stereocenters. The van der Waals surface area contributed by atoms with Gasteiger partial charge in [-0.15, -0.1) is 0 Å². The van der Waals surface area contributed by atoms with Gasteiger partial charge in [0.2, 0.25) is 5.91 Å². The highest BCUT2D eigenvalue weighted by Crippen LogP contribution is 2.22. The first-order chi connectivity index (χ1) is 14.7. The molecule has 1 amide bonds. The van der Waals surface area contributed by atoms with E-state index < -0.39 is 0 Å². The van der Waals surface area contributed by atoms with E-state index >= 15 is 0 Å². The number of carbonyl (C=O) groups is 1. The predicted molar refractivity (Wildman–Crippen MR) is 119 cm³/mol. The summed E-state index contributed by atoms with van der Waals surface area (Å²) >= 11 is 0. The van der Waals surface area contributed by atoms with Crippen molar-refractivity contribution >= 4 is 5.91 Å². The van der Waals surface area contributed by atoms with E-state index in [0.29, 0.717) is 0 Å². The summed E-state index contributed by atoms with van der Waals surface area (Å²) in [5.41, 5.74) is 4.71. The number of rotatable bonds is 6. The summed E-state index contributed by atoms with van der Waals surface area (Å²) in [6.45, 7) is 6.11. The van der Waals surface area contributed by atoms with Gasteiger partial charge >= 0.3 is 0 Å². The van der Waals surface area contributed by atoms with Gasteiger partial charge in [0.1, 0.15) is 0 Å². The average Bonchev–Trinajstić information content (AvgIpc) is 2.94. The minimum absolute atomic E-state index is 0.0316. The van der Waals surface area contributed by atoms with Crippen LogP contribution < -0.4 is 0 Å². The summed E-state index contributed by atoms with van der Waals surface area (Å²) in [4.78, 5) is 25.9. The molecule has 0 bridgehead atoms. The molecule has 0 aliphatic carbocycles. The molecule has 3 aromatic rings. The second kappa shape index (κ2) is 9.63. The van der Waals surface area contributed by atoms with Gasteiger partial charge in [-0.2, -0.15) is 0 Å². The molecule has 1 saturated heterocycles. The maximum atomic E-state index is 13.1. The quantitative estimate of drug-likeness (QED) is 0.634. The first kappa shape index (κ1) is 20.2. The largest absolute Gasteiger partial charge is 0.341 e. The summed E-state index contributed by atoms with van der Waals surface area (Å²) in [6.07, 6.45) is 8.09. The lowest BCUT2D eigenvalue weighted by Crippen LogP contribution is -2.37. The molecule has 0 radical (unpaired) electrons. The summed E-state index contributed by atoms with van der Waals surface area (Å²) < 4.78 is 0. The van der Waals surface area contributed by atoms with Crippen LogP contribution in [-0.2, 0) is 17.8 Å². The highest BCUT2D eigenvalue weighted by Gasteiger charge is 2.29. The van der Waals surface area contributed by atoms with Crippen LogP contribution in [0.3, 0.4) is 0 Å². The Kier molecular flexibility index (Phi) is 6.50. The van der Waals surface area contributed by atoms with Gasteiger partial charge in [0.25, 0.3) is 0 Å². The number of carbonyl (C=O) groups excluding carboxylic acids is 1. The van der Waals surface area contributed by atoms with Crippen molar-refractivity contribution < 1.29 is 4.79 Å². The smallest absolute Gasteiger partial charge is 0.227 e. The van der Waals surface area contributed by atoms with Crippen molar-refractivity contribution in [1.29, 1.82) is 0 Å². The van der Waals surface area contributed by atoms with E-state index in [0.717, 1.165) is 44.7 Å². The van der Waals surface area contributed by atoms with Gasteiger partial charge in [0, 0.05) is 57.5 Å². The van der Waals surface area contributed by atoms with Crippen LogP contribution in [0, 0.1) is 5.92 Å². The standard InChI is InChI=1S/C25H28N4O/c1-2-29-15-14-28(18-21-4-3-11-27-17-21)19-24(25(29)30)16-20-5-7-22(8-6-20)23-9-12-26-13-10-23/h3-13,17,24H,2,14-16,18-19H2,1H3. The number of likely N-dealkylation sites (N-methyl/N-ethyl adjacent to an activating group) is 1. The highest BCUT2D eigenvalue weighted by atomic mass is 16.2. The van der Waals surface area contributed by atoms with E-state index in [-0.39, 0.29) is 11.8 Å². The molecule has 1 aliphatic rings. The third kappa shape index (κ3) is 4.92. The molecule has 0 spiro atoms. The molecule has 3 heterocycles. The Bertz CT molecular complexity index is 944. The Morgan fingerprint density at radius 3 is 2.37 bits per heavy atom. The zero-order valence-corrected chi connectivity index (χ0v) is 17.4. The maximum Gasteiger partial charge on any atom is 0.227 e. The Morgan fingerprint density at radius 2 is 1.67 bits per heavy atom. The van der Waals surface area contributed by atoms with Gasteiger partial charge < -0.3 is 4.90 Å². The Labute approximate surface area is 178 Å². The van der Waals surface area contributed by atoms with Crippen LogP contribution in [-0.4, -0.2) is 51.9 Å². The monoisotopic (exact) mass is 400 g/mol. The van der Waals surface area contributed by atoms with E-state index in [2.05, 4.69) is 52.1 Å². The van der Waals surface area contributed by atoms with Gasteiger partial charge in [-0.05, 0) is 53.8 Å². The number of benzene rings is 1. The number of hydrogen-bond acceptors (Lipinski definition) is 4. The number of hydrogen-bond donors (Lipinski definition) is 0. The van der Waals surface area contributed by atoms with Crippen molar-refractivity contribution in [2.45, 2.75) is 19.9 Å². The van der Waals surface area contributed by atoms with Crippen molar-refractivity contribution in [3.8, 4) is 11.1 Å². The van der Waals surface area contributed by atoms with Gasteiger partial charge in [0.05, 0.1) is 5.92 Å². The molecule has 1 unspecified atom stereocenters. The molecule has 0 saturated carbocycles. The zero-order chi connectivity index (χ0) is 20.8. The van der Waals surface area contributed by atoms with Crippen LogP contribution in [0.15, 0.2) is 73.3 Å². The second-order valence-corrected chi connectivity index (χ2v) is 7.85. The van der Waals surface area contributed by atoms with Crippen LogP contribution in [0.25, 0.3) is 11.1 Å². The third-order valence-corrected chi connectivity index (χ3v) is 5.79. The van der Waals surface area contributed by atoms with Gasteiger partial charge in [-0.3, -0.25) is 19.7 Å². The number of pyridine rings is 2. The highest BCUT2D eigenvalue weighted by molar-refractivity contribution is 5.79. The average molecular weight is 401 g/mol. The Morgan fingerprint density at radius 1 is 0.900 bits per heavy atom. The molecule has 4 rings (SSSR count).